The van der Waals surface area contributed by atoms with Crippen LogP contribution in [0.15, 0.2) is 93.8 Å². The third-order valence-corrected chi connectivity index (χ3v) is 6.78. The first kappa shape index (κ1) is 29.2. The van der Waals surface area contributed by atoms with Crippen LogP contribution in [-0.4, -0.2) is 52.5 Å². The molecule has 0 saturated carbocycles. The molecule has 2 aromatic carbocycles. The molecule has 2 aliphatic rings. The summed E-state index contributed by atoms with van der Waals surface area (Å²) < 4.78 is 41.9. The maximum Gasteiger partial charge on any atom is 0.335 e. The molecule has 0 atom stereocenters. The zero-order valence-corrected chi connectivity index (χ0v) is 23.1. The molecule has 1 saturated heterocycles. The van der Waals surface area contributed by atoms with E-state index in [1.165, 1.54) is 34.9 Å². The number of nitrogens with zero attached hydrogens (tertiary/aromatic N) is 3. The first-order valence-electron chi connectivity index (χ1n) is 13.4. The van der Waals surface area contributed by atoms with Crippen molar-refractivity contribution in [1.82, 2.24) is 19.4 Å². The van der Waals surface area contributed by atoms with Crippen molar-refractivity contribution in [3.8, 4) is 11.4 Å². The Kier molecular flexibility index (Phi) is 8.62. The Bertz CT molecular complexity index is 1770. The van der Waals surface area contributed by atoms with Crippen LogP contribution >= 0.6 is 0 Å². The number of ether oxygens (including phenoxy) is 2. The van der Waals surface area contributed by atoms with Crippen molar-refractivity contribution in [2.75, 3.05) is 31.6 Å². The number of rotatable bonds is 8. The van der Waals surface area contributed by atoms with E-state index in [1.54, 1.807) is 19.2 Å². The minimum Gasteiger partial charge on any atom is -0.452 e. The van der Waals surface area contributed by atoms with Gasteiger partial charge in [-0.2, -0.15) is 0 Å². The van der Waals surface area contributed by atoms with E-state index >= 15 is 4.39 Å². The highest BCUT2D eigenvalue weighted by molar-refractivity contribution is 6.03. The summed E-state index contributed by atoms with van der Waals surface area (Å²) in [5.41, 5.74) is -0.582. The largest absolute Gasteiger partial charge is 0.452 e. The molecule has 11 nitrogen and oxygen atoms in total. The summed E-state index contributed by atoms with van der Waals surface area (Å²) in [6.07, 6.45) is 7.19. The van der Waals surface area contributed by atoms with Gasteiger partial charge in [0.2, 0.25) is 0 Å². The standard InChI is InChI=1S/C30H28F2N6O5/c1-2-36-18-23(29(40)38(30(36)41)21-6-3-19(31)4-7-21)28(39)35-20-5-8-26(24(32)15-20)43-27-16-22(17-34-25(27)9-10-33)37-11-13-42-14-12-37/h3-10,15-18,33-34H,2,11-14H2,1H3,(H,35,39)/b25-9-,33-10?. The fraction of sp³-hybridized carbons (Fsp3) is 0.200. The van der Waals surface area contributed by atoms with Crippen LogP contribution in [0, 0.1) is 17.0 Å². The summed E-state index contributed by atoms with van der Waals surface area (Å²) >= 11 is 0. The first-order chi connectivity index (χ1) is 20.8. The summed E-state index contributed by atoms with van der Waals surface area (Å²) in [4.78, 5) is 41.3. The highest BCUT2D eigenvalue weighted by Crippen LogP contribution is 2.27. The maximum absolute atomic E-state index is 15.2. The second-order valence-electron chi connectivity index (χ2n) is 9.50. The summed E-state index contributed by atoms with van der Waals surface area (Å²) in [5.74, 6) is -2.07. The van der Waals surface area contributed by atoms with Gasteiger partial charge in [0.25, 0.3) is 11.5 Å². The predicted octanol–water partition coefficient (Wildman–Crippen LogP) is 3.12. The van der Waals surface area contributed by atoms with Gasteiger partial charge in [0.1, 0.15) is 11.4 Å². The van der Waals surface area contributed by atoms with Gasteiger partial charge >= 0.3 is 5.69 Å². The Morgan fingerprint density at radius 2 is 1.88 bits per heavy atom. The van der Waals surface area contributed by atoms with Gasteiger partial charge in [0.05, 0.1) is 30.3 Å². The minimum absolute atomic E-state index is 0.0386. The third-order valence-electron chi connectivity index (χ3n) is 6.78. The number of hydrogen-bond acceptors (Lipinski definition) is 8. The molecule has 3 heterocycles. The monoisotopic (exact) mass is 590 g/mol. The summed E-state index contributed by atoms with van der Waals surface area (Å²) in [7, 11) is 0. The van der Waals surface area contributed by atoms with Crippen LogP contribution < -0.4 is 26.6 Å². The molecule has 0 bridgehead atoms. The number of carbonyl (C=O) groups excluding carboxylic acids is 1. The van der Waals surface area contributed by atoms with Crippen LogP contribution in [0.3, 0.4) is 0 Å². The van der Waals surface area contributed by atoms with Crippen LogP contribution in [0.4, 0.5) is 14.5 Å². The quantitative estimate of drug-likeness (QED) is 0.344. The lowest BCUT2D eigenvalue weighted by atomic mass is 10.2. The summed E-state index contributed by atoms with van der Waals surface area (Å²) in [6, 6.07) is 8.47. The Hall–Kier alpha value is -5.30. The van der Waals surface area contributed by atoms with E-state index in [4.69, 9.17) is 14.9 Å². The van der Waals surface area contributed by atoms with Gasteiger partial charge in [-0.05, 0) is 49.4 Å². The summed E-state index contributed by atoms with van der Waals surface area (Å²) in [5, 5.41) is 13.0. The van der Waals surface area contributed by atoms with Crippen LogP contribution in [0.25, 0.3) is 5.69 Å². The van der Waals surface area contributed by atoms with Gasteiger partial charge in [-0.25, -0.2) is 18.1 Å². The highest BCUT2D eigenvalue weighted by atomic mass is 19.1. The number of aryl methyl sites for hydroxylation is 1. The first-order valence-corrected chi connectivity index (χ1v) is 13.4. The zero-order valence-electron chi connectivity index (χ0n) is 23.1. The van der Waals surface area contributed by atoms with Gasteiger partial charge in [0.15, 0.2) is 17.3 Å². The van der Waals surface area contributed by atoms with Crippen molar-refractivity contribution >= 4 is 17.8 Å². The van der Waals surface area contributed by atoms with Gasteiger partial charge in [-0.1, -0.05) is 0 Å². The molecule has 0 unspecified atom stereocenters. The molecule has 0 spiro atoms. The SMILES string of the molecule is CCn1cc(C(=O)Nc2ccc(OC3=CC(N4CCOCC4)=CN/C3=C\C=N)c(F)c2)c(=O)n(-c2ccc(F)cc2)c1=O. The number of anilines is 1. The normalized spacial score (nSPS) is 15.8. The molecule has 1 aromatic heterocycles. The second kappa shape index (κ2) is 12.7. The molecule has 43 heavy (non-hydrogen) atoms. The number of amides is 1. The maximum atomic E-state index is 15.2. The van der Waals surface area contributed by atoms with Crippen molar-refractivity contribution in [2.45, 2.75) is 13.5 Å². The Morgan fingerprint density at radius 3 is 2.56 bits per heavy atom. The molecule has 13 heteroatoms. The van der Waals surface area contributed by atoms with Crippen molar-refractivity contribution in [1.29, 1.82) is 5.41 Å². The molecule has 1 fully saturated rings. The van der Waals surface area contributed by atoms with Crippen LogP contribution in [-0.2, 0) is 11.3 Å². The molecule has 1 amide bonds. The van der Waals surface area contributed by atoms with Crippen LogP contribution in [0.1, 0.15) is 17.3 Å². The average Bonchev–Trinajstić information content (AvgIpc) is 3.01. The van der Waals surface area contributed by atoms with E-state index in [2.05, 4.69) is 15.5 Å². The molecule has 5 rings (SSSR count). The molecule has 3 aromatic rings. The van der Waals surface area contributed by atoms with Crippen molar-refractivity contribution in [3.63, 3.8) is 0 Å². The number of allylic oxidation sites excluding steroid dienone is 2. The number of benzene rings is 2. The van der Waals surface area contributed by atoms with E-state index in [1.807, 2.05) is 0 Å². The lowest BCUT2D eigenvalue weighted by Gasteiger charge is -2.32. The number of nitrogens with one attached hydrogen (secondary N) is 3. The van der Waals surface area contributed by atoms with Gasteiger partial charge < -0.3 is 30.4 Å². The van der Waals surface area contributed by atoms with Gasteiger partial charge in [0, 0.05) is 56.1 Å². The lowest BCUT2D eigenvalue weighted by Crippen LogP contribution is -2.42. The van der Waals surface area contributed by atoms with Gasteiger partial charge in [-0.15, -0.1) is 0 Å². The Morgan fingerprint density at radius 1 is 1.14 bits per heavy atom. The number of halogens is 2. The molecular weight excluding hydrogens is 562 g/mol. The molecule has 0 radical (unpaired) electrons. The number of dihydropyridines is 1. The van der Waals surface area contributed by atoms with E-state index in [0.717, 1.165) is 40.9 Å². The van der Waals surface area contributed by atoms with E-state index < -0.39 is 28.8 Å². The fourth-order valence-electron chi connectivity index (χ4n) is 4.56. The molecular formula is C30H28F2N6O5. The van der Waals surface area contributed by atoms with Gasteiger partial charge in [-0.3, -0.25) is 14.2 Å². The third kappa shape index (κ3) is 6.31. The average molecular weight is 591 g/mol. The topological polar surface area (TPSA) is 131 Å². The smallest absolute Gasteiger partial charge is 0.335 e. The highest BCUT2D eigenvalue weighted by Gasteiger charge is 2.22. The number of morpholine rings is 1. The van der Waals surface area contributed by atoms with Crippen molar-refractivity contribution in [3.05, 3.63) is 122 Å². The molecule has 222 valence electrons. The Labute approximate surface area is 244 Å². The number of carbonyl (C=O) groups is 1. The lowest BCUT2D eigenvalue weighted by molar-refractivity contribution is 0.0549. The molecule has 2 aliphatic heterocycles. The number of aromatic nitrogens is 2. The predicted molar refractivity (Wildman–Crippen MR) is 155 cm³/mol. The van der Waals surface area contributed by atoms with E-state index in [0.29, 0.717) is 32.0 Å². The Balaban J connectivity index is 1.39. The summed E-state index contributed by atoms with van der Waals surface area (Å²) in [6.45, 7) is 4.32. The van der Waals surface area contributed by atoms with Crippen molar-refractivity contribution < 1.29 is 23.0 Å². The molecule has 3 N–H and O–H groups in total. The van der Waals surface area contributed by atoms with Crippen LogP contribution in [0.2, 0.25) is 0 Å². The molecule has 0 aliphatic carbocycles. The van der Waals surface area contributed by atoms with Crippen LogP contribution in [0.5, 0.6) is 5.75 Å². The van der Waals surface area contributed by atoms with Crippen molar-refractivity contribution in [2.24, 2.45) is 0 Å². The number of hydrogen-bond donors (Lipinski definition) is 3. The second-order valence-corrected chi connectivity index (χ2v) is 9.50. The van der Waals surface area contributed by atoms with E-state index in [9.17, 15) is 18.8 Å². The zero-order chi connectivity index (χ0) is 30.5. The minimum atomic E-state index is -0.911. The fourth-order valence-corrected chi connectivity index (χ4v) is 4.56. The van der Waals surface area contributed by atoms with E-state index in [-0.39, 0.29) is 35.0 Å².